The van der Waals surface area contributed by atoms with E-state index in [4.69, 9.17) is 16.3 Å². The SMILES string of the molecule is CCNc1ncc(Cl)c(Oc2ccc(S(C)(=O)=O)cc2)n1. The van der Waals surface area contributed by atoms with E-state index in [0.717, 1.165) is 6.26 Å². The van der Waals surface area contributed by atoms with Crippen LogP contribution in [-0.2, 0) is 9.84 Å². The summed E-state index contributed by atoms with van der Waals surface area (Å²) in [6.07, 6.45) is 2.58. The molecule has 1 N–H and O–H groups in total. The molecule has 0 bridgehead atoms. The highest BCUT2D eigenvalue weighted by Gasteiger charge is 2.10. The highest BCUT2D eigenvalue weighted by atomic mass is 35.5. The molecular weight excluding hydrogens is 314 g/mol. The molecule has 0 unspecified atom stereocenters. The first-order chi connectivity index (χ1) is 9.90. The Morgan fingerprint density at radius 2 is 1.95 bits per heavy atom. The predicted octanol–water partition coefficient (Wildman–Crippen LogP) is 2.76. The summed E-state index contributed by atoms with van der Waals surface area (Å²) in [6, 6.07) is 6.01. The number of anilines is 1. The van der Waals surface area contributed by atoms with Crippen LogP contribution in [0.25, 0.3) is 0 Å². The molecular formula is C13H14ClN3O3S. The molecule has 0 aliphatic rings. The van der Waals surface area contributed by atoms with Gasteiger partial charge in [-0.1, -0.05) is 11.6 Å². The Bertz CT molecular complexity index is 733. The molecule has 0 aliphatic heterocycles. The first-order valence-corrected chi connectivity index (χ1v) is 8.41. The summed E-state index contributed by atoms with van der Waals surface area (Å²) in [7, 11) is -3.23. The van der Waals surface area contributed by atoms with Gasteiger partial charge in [-0.15, -0.1) is 0 Å². The lowest BCUT2D eigenvalue weighted by Crippen LogP contribution is -2.03. The van der Waals surface area contributed by atoms with E-state index in [1.165, 1.54) is 18.3 Å². The number of aromatic nitrogens is 2. The van der Waals surface area contributed by atoms with Crippen LogP contribution >= 0.6 is 11.6 Å². The lowest BCUT2D eigenvalue weighted by Gasteiger charge is -2.08. The maximum atomic E-state index is 11.4. The molecule has 0 amide bonds. The van der Waals surface area contributed by atoms with E-state index in [0.29, 0.717) is 18.2 Å². The van der Waals surface area contributed by atoms with Crippen molar-refractivity contribution in [3.8, 4) is 11.6 Å². The fraction of sp³-hybridized carbons (Fsp3) is 0.231. The predicted molar refractivity (Wildman–Crippen MR) is 80.8 cm³/mol. The van der Waals surface area contributed by atoms with Crippen molar-refractivity contribution in [3.05, 3.63) is 35.5 Å². The third-order valence-electron chi connectivity index (χ3n) is 2.51. The van der Waals surface area contributed by atoms with Crippen LogP contribution in [0.1, 0.15) is 6.92 Å². The van der Waals surface area contributed by atoms with E-state index >= 15 is 0 Å². The van der Waals surface area contributed by atoms with Gasteiger partial charge in [0.05, 0.1) is 11.1 Å². The normalized spacial score (nSPS) is 11.2. The fourth-order valence-corrected chi connectivity index (χ4v) is 2.29. The molecule has 2 rings (SSSR count). The zero-order valence-corrected chi connectivity index (χ0v) is 13.1. The molecule has 1 aromatic heterocycles. The largest absolute Gasteiger partial charge is 0.437 e. The second kappa shape index (κ2) is 6.28. The molecule has 0 aliphatic carbocycles. The Labute approximate surface area is 128 Å². The van der Waals surface area contributed by atoms with Crippen molar-refractivity contribution in [2.75, 3.05) is 18.1 Å². The van der Waals surface area contributed by atoms with E-state index < -0.39 is 9.84 Å². The average molecular weight is 328 g/mol. The number of benzene rings is 1. The minimum absolute atomic E-state index is 0.203. The van der Waals surface area contributed by atoms with Crippen molar-refractivity contribution in [2.45, 2.75) is 11.8 Å². The van der Waals surface area contributed by atoms with Crippen LogP contribution in [-0.4, -0.2) is 31.2 Å². The van der Waals surface area contributed by atoms with Crippen molar-refractivity contribution in [1.29, 1.82) is 0 Å². The van der Waals surface area contributed by atoms with Gasteiger partial charge in [0.2, 0.25) is 11.8 Å². The first kappa shape index (κ1) is 15.5. The van der Waals surface area contributed by atoms with Gasteiger partial charge in [-0.25, -0.2) is 13.4 Å². The number of nitrogens with one attached hydrogen (secondary N) is 1. The summed E-state index contributed by atoms with van der Waals surface area (Å²) in [6.45, 7) is 2.59. The summed E-state index contributed by atoms with van der Waals surface area (Å²) < 4.78 is 28.3. The Kier molecular flexibility index (Phi) is 4.64. The molecule has 0 saturated heterocycles. The van der Waals surface area contributed by atoms with Crippen LogP contribution < -0.4 is 10.1 Å². The van der Waals surface area contributed by atoms with Crippen LogP contribution in [0.5, 0.6) is 11.6 Å². The van der Waals surface area contributed by atoms with Crippen LogP contribution in [0.3, 0.4) is 0 Å². The van der Waals surface area contributed by atoms with Crippen LogP contribution in [0.15, 0.2) is 35.4 Å². The van der Waals surface area contributed by atoms with Gasteiger partial charge in [0.1, 0.15) is 10.8 Å². The van der Waals surface area contributed by atoms with Gasteiger partial charge in [0.15, 0.2) is 9.84 Å². The standard InChI is InChI=1S/C13H14ClN3O3S/c1-3-15-13-16-8-11(14)12(17-13)20-9-4-6-10(7-5-9)21(2,18)19/h4-8H,3H2,1-2H3,(H,15,16,17). The average Bonchev–Trinajstić information content (AvgIpc) is 2.42. The van der Waals surface area contributed by atoms with E-state index in [-0.39, 0.29) is 15.8 Å². The highest BCUT2D eigenvalue weighted by molar-refractivity contribution is 7.90. The summed E-state index contributed by atoms with van der Waals surface area (Å²) in [4.78, 5) is 8.36. The number of sulfone groups is 1. The zero-order valence-electron chi connectivity index (χ0n) is 11.5. The number of nitrogens with zero attached hydrogens (tertiary/aromatic N) is 2. The summed E-state index contributed by atoms with van der Waals surface area (Å²) in [5.74, 6) is 1.05. The first-order valence-electron chi connectivity index (χ1n) is 6.14. The van der Waals surface area contributed by atoms with Crippen molar-refractivity contribution in [3.63, 3.8) is 0 Å². The quantitative estimate of drug-likeness (QED) is 0.909. The molecule has 0 atom stereocenters. The number of rotatable bonds is 5. The summed E-state index contributed by atoms with van der Waals surface area (Å²) in [5, 5.41) is 3.22. The molecule has 0 radical (unpaired) electrons. The zero-order chi connectivity index (χ0) is 15.5. The summed E-state index contributed by atoms with van der Waals surface area (Å²) in [5.41, 5.74) is 0. The number of hydrogen-bond acceptors (Lipinski definition) is 6. The van der Waals surface area contributed by atoms with Crippen LogP contribution in [0, 0.1) is 0 Å². The molecule has 0 fully saturated rings. The van der Waals surface area contributed by atoms with Gasteiger partial charge in [-0.05, 0) is 31.2 Å². The van der Waals surface area contributed by atoms with Crippen LogP contribution in [0.4, 0.5) is 5.95 Å². The van der Waals surface area contributed by atoms with Gasteiger partial charge in [0.25, 0.3) is 0 Å². The van der Waals surface area contributed by atoms with E-state index in [1.807, 2.05) is 6.92 Å². The number of hydrogen-bond donors (Lipinski definition) is 1. The van der Waals surface area contributed by atoms with Crippen molar-refractivity contribution >= 4 is 27.4 Å². The Hall–Kier alpha value is -1.86. The maximum Gasteiger partial charge on any atom is 0.243 e. The lowest BCUT2D eigenvalue weighted by atomic mass is 10.3. The van der Waals surface area contributed by atoms with Gasteiger partial charge >= 0.3 is 0 Å². The van der Waals surface area contributed by atoms with E-state index in [2.05, 4.69) is 15.3 Å². The third-order valence-corrected chi connectivity index (χ3v) is 3.90. The Morgan fingerprint density at radius 3 is 2.52 bits per heavy atom. The van der Waals surface area contributed by atoms with Crippen molar-refractivity contribution in [2.24, 2.45) is 0 Å². The molecule has 6 nitrogen and oxygen atoms in total. The third kappa shape index (κ3) is 4.05. The topological polar surface area (TPSA) is 81.2 Å². The van der Waals surface area contributed by atoms with Gasteiger partial charge in [-0.3, -0.25) is 0 Å². The van der Waals surface area contributed by atoms with Crippen LogP contribution in [0.2, 0.25) is 5.02 Å². The molecule has 112 valence electrons. The Balaban J connectivity index is 2.23. The van der Waals surface area contributed by atoms with E-state index in [1.54, 1.807) is 12.1 Å². The monoisotopic (exact) mass is 327 g/mol. The fourth-order valence-electron chi connectivity index (χ4n) is 1.53. The minimum atomic E-state index is -3.23. The molecule has 0 spiro atoms. The number of halogens is 1. The molecule has 21 heavy (non-hydrogen) atoms. The Morgan fingerprint density at radius 1 is 1.29 bits per heavy atom. The van der Waals surface area contributed by atoms with Gasteiger partial charge in [0, 0.05) is 12.8 Å². The van der Waals surface area contributed by atoms with Gasteiger partial charge in [-0.2, -0.15) is 4.98 Å². The summed E-state index contributed by atoms with van der Waals surface area (Å²) >= 11 is 5.98. The number of ether oxygens (including phenoxy) is 1. The molecule has 0 saturated carbocycles. The highest BCUT2D eigenvalue weighted by Crippen LogP contribution is 2.28. The lowest BCUT2D eigenvalue weighted by molar-refractivity contribution is 0.462. The molecule has 1 aromatic carbocycles. The smallest absolute Gasteiger partial charge is 0.243 e. The minimum Gasteiger partial charge on any atom is -0.437 e. The molecule has 1 heterocycles. The maximum absolute atomic E-state index is 11.4. The molecule has 8 heteroatoms. The van der Waals surface area contributed by atoms with Crippen molar-refractivity contribution in [1.82, 2.24) is 9.97 Å². The van der Waals surface area contributed by atoms with Crippen molar-refractivity contribution < 1.29 is 13.2 Å². The second-order valence-corrected chi connectivity index (χ2v) is 6.65. The van der Waals surface area contributed by atoms with E-state index in [9.17, 15) is 8.42 Å². The molecule has 2 aromatic rings. The second-order valence-electron chi connectivity index (χ2n) is 4.22. The van der Waals surface area contributed by atoms with Gasteiger partial charge < -0.3 is 10.1 Å².